The molecule has 0 spiro atoms. The second-order valence-electron chi connectivity index (χ2n) is 12.1. The van der Waals surface area contributed by atoms with Gasteiger partial charge in [0.25, 0.3) is 0 Å². The van der Waals surface area contributed by atoms with Crippen molar-refractivity contribution in [1.82, 2.24) is 21.3 Å². The van der Waals surface area contributed by atoms with Crippen LogP contribution in [0.25, 0.3) is 0 Å². The lowest BCUT2D eigenvalue weighted by Crippen LogP contribution is -2.57. The van der Waals surface area contributed by atoms with Gasteiger partial charge in [-0.15, -0.1) is 0 Å². The highest BCUT2D eigenvalue weighted by Gasteiger charge is 2.29. The Morgan fingerprint density at radius 1 is 0.787 bits per heavy atom. The molecule has 0 heterocycles. The van der Waals surface area contributed by atoms with E-state index in [1.807, 2.05) is 30.3 Å². The normalized spacial score (nSPS) is 15.1. The molecule has 3 atom stereocenters. The van der Waals surface area contributed by atoms with Gasteiger partial charge in [-0.1, -0.05) is 61.7 Å². The predicted octanol–water partition coefficient (Wildman–Crippen LogP) is 0.731. The van der Waals surface area contributed by atoms with Gasteiger partial charge in [0.2, 0.25) is 23.6 Å². The number of carbonyl (C=O) groups is 4. The fraction of sp³-hybridized carbons (Fsp3) is 0.500. The van der Waals surface area contributed by atoms with Gasteiger partial charge >= 0.3 is 0 Å². The van der Waals surface area contributed by atoms with Crippen LogP contribution in [0, 0.1) is 5.92 Å². The number of phenolic OH excluding ortho intramolecular Hbond substituents is 1. The number of carbonyl (C=O) groups excluding carboxylic acids is 4. The molecule has 4 amide bonds. The number of hydrogen-bond acceptors (Lipinski definition) is 7. The maximum atomic E-state index is 13.9. The molecule has 1 saturated carbocycles. The summed E-state index contributed by atoms with van der Waals surface area (Å²) < 4.78 is 0. The molecule has 0 unspecified atom stereocenters. The summed E-state index contributed by atoms with van der Waals surface area (Å²) >= 11 is 0. The van der Waals surface area contributed by atoms with Crippen LogP contribution in [0.5, 0.6) is 5.75 Å². The van der Waals surface area contributed by atoms with Gasteiger partial charge < -0.3 is 43.6 Å². The lowest BCUT2D eigenvalue weighted by Gasteiger charge is -2.27. The van der Waals surface area contributed by atoms with Crippen molar-refractivity contribution in [3.63, 3.8) is 0 Å². The van der Waals surface area contributed by atoms with Gasteiger partial charge in [0, 0.05) is 25.9 Å². The van der Waals surface area contributed by atoms with Crippen LogP contribution < -0.4 is 38.5 Å². The van der Waals surface area contributed by atoms with Crippen molar-refractivity contribution in [2.75, 3.05) is 19.6 Å². The van der Waals surface area contributed by atoms with Crippen molar-refractivity contribution < 1.29 is 24.3 Å². The monoisotopic (exact) mass is 650 g/mol. The Morgan fingerprint density at radius 2 is 1.40 bits per heavy atom. The van der Waals surface area contributed by atoms with Gasteiger partial charge in [0.05, 0.1) is 6.04 Å². The molecule has 256 valence electrons. The van der Waals surface area contributed by atoms with E-state index in [1.165, 1.54) is 19.3 Å². The van der Waals surface area contributed by atoms with E-state index >= 15 is 0 Å². The van der Waals surface area contributed by atoms with Crippen LogP contribution in [0.3, 0.4) is 0 Å². The molecule has 1 aliphatic rings. The molecular weight excluding hydrogens is 600 g/mol. The van der Waals surface area contributed by atoms with Gasteiger partial charge in [-0.25, -0.2) is 0 Å². The number of amides is 4. The van der Waals surface area contributed by atoms with Crippen molar-refractivity contribution in [1.29, 1.82) is 0 Å². The first-order valence-electron chi connectivity index (χ1n) is 16.4. The number of aromatic hydroxyl groups is 1. The summed E-state index contributed by atoms with van der Waals surface area (Å²) in [5, 5.41) is 21.6. The predicted molar refractivity (Wildman–Crippen MR) is 181 cm³/mol. The third-order valence-corrected chi connectivity index (χ3v) is 8.23. The number of benzene rings is 2. The molecule has 13 heteroatoms. The van der Waals surface area contributed by atoms with E-state index < -0.39 is 35.8 Å². The quantitative estimate of drug-likeness (QED) is 0.0613. The molecule has 47 heavy (non-hydrogen) atoms. The number of aliphatic imine (C=N–C) groups is 1. The molecule has 0 aromatic heterocycles. The van der Waals surface area contributed by atoms with E-state index in [4.69, 9.17) is 17.2 Å². The number of nitrogens with one attached hydrogen (secondary N) is 4. The van der Waals surface area contributed by atoms with Crippen molar-refractivity contribution in [2.24, 2.45) is 28.1 Å². The first-order chi connectivity index (χ1) is 22.6. The van der Waals surface area contributed by atoms with Crippen LogP contribution >= 0.6 is 0 Å². The molecule has 2 aromatic carbocycles. The van der Waals surface area contributed by atoms with Crippen LogP contribution in [0.2, 0.25) is 0 Å². The van der Waals surface area contributed by atoms with Crippen molar-refractivity contribution in [3.8, 4) is 5.75 Å². The maximum Gasteiger partial charge on any atom is 0.243 e. The molecule has 0 radical (unpaired) electrons. The SMILES string of the molecule is NC(=O)CCNC(=O)[C@H](Cc1ccccc1)NC(=O)[C@@H](CCCN=C(N)N)NC(=O)[C@H](Cc1ccc(O)cc1)NCC1CCCCC1. The van der Waals surface area contributed by atoms with E-state index in [2.05, 4.69) is 26.3 Å². The van der Waals surface area contributed by atoms with Gasteiger partial charge in [0.15, 0.2) is 5.96 Å². The Labute approximate surface area is 276 Å². The summed E-state index contributed by atoms with van der Waals surface area (Å²) in [6.45, 7) is 0.946. The Bertz CT molecular complexity index is 1310. The minimum absolute atomic E-state index is 0.0274. The number of primary amides is 1. The average molecular weight is 651 g/mol. The summed E-state index contributed by atoms with van der Waals surface area (Å²) in [4.78, 5) is 56.1. The highest BCUT2D eigenvalue weighted by Crippen LogP contribution is 2.23. The van der Waals surface area contributed by atoms with Gasteiger partial charge in [-0.05, 0) is 67.8 Å². The van der Waals surface area contributed by atoms with E-state index in [-0.39, 0.29) is 50.0 Å². The number of guanidine groups is 1. The summed E-state index contributed by atoms with van der Waals surface area (Å²) in [5.41, 5.74) is 17.8. The number of rotatable bonds is 19. The van der Waals surface area contributed by atoms with Gasteiger partial charge in [0.1, 0.15) is 17.8 Å². The number of phenols is 1. The zero-order valence-electron chi connectivity index (χ0n) is 27.0. The molecule has 0 bridgehead atoms. The molecule has 3 rings (SSSR count). The van der Waals surface area contributed by atoms with E-state index in [0.29, 0.717) is 25.3 Å². The largest absolute Gasteiger partial charge is 0.508 e. The standard InChI is InChI=1S/C34H50N8O5/c35-30(44)17-19-38-31(45)29(21-23-8-3-1-4-9-23)42-32(46)27(12-7-18-39-34(36)37)41-33(47)28(20-24-13-15-26(43)16-14-24)40-22-25-10-5-2-6-11-25/h1,3-4,8-9,13-16,25,27-29,40,43H,2,5-7,10-12,17-22H2,(H2,35,44)(H,38,45)(H,41,47)(H,42,46)(H4,36,37,39)/t27-,28+,29+/m1/s1. The molecule has 0 aliphatic heterocycles. The smallest absolute Gasteiger partial charge is 0.243 e. The van der Waals surface area contributed by atoms with Crippen molar-refractivity contribution in [2.45, 2.75) is 82.3 Å². The minimum Gasteiger partial charge on any atom is -0.508 e. The fourth-order valence-corrected chi connectivity index (χ4v) is 5.63. The molecule has 2 aromatic rings. The van der Waals surface area contributed by atoms with E-state index in [9.17, 15) is 24.3 Å². The summed E-state index contributed by atoms with van der Waals surface area (Å²) in [5.74, 6) is -1.42. The second-order valence-corrected chi connectivity index (χ2v) is 12.1. The highest BCUT2D eigenvalue weighted by atomic mass is 16.3. The van der Waals surface area contributed by atoms with Crippen molar-refractivity contribution in [3.05, 3.63) is 65.7 Å². The lowest BCUT2D eigenvalue weighted by molar-refractivity contribution is -0.132. The Kier molecular flexibility index (Phi) is 15.5. The Balaban J connectivity index is 1.79. The number of nitrogens with zero attached hydrogens (tertiary/aromatic N) is 1. The summed E-state index contributed by atoms with van der Waals surface area (Å²) in [6, 6.07) is 13.3. The molecule has 1 aliphatic carbocycles. The molecular formula is C34H50N8O5. The fourth-order valence-electron chi connectivity index (χ4n) is 5.63. The van der Waals surface area contributed by atoms with Crippen molar-refractivity contribution >= 4 is 29.6 Å². The molecule has 11 N–H and O–H groups in total. The first-order valence-corrected chi connectivity index (χ1v) is 16.4. The van der Waals surface area contributed by atoms with Crippen LogP contribution in [-0.4, -0.2) is 72.5 Å². The highest BCUT2D eigenvalue weighted by molar-refractivity contribution is 5.93. The average Bonchev–Trinajstić information content (AvgIpc) is 3.05. The van der Waals surface area contributed by atoms with Crippen LogP contribution in [0.15, 0.2) is 59.6 Å². The second kappa shape index (κ2) is 19.8. The van der Waals surface area contributed by atoms with E-state index in [0.717, 1.165) is 24.0 Å². The first kappa shape index (κ1) is 36.8. The van der Waals surface area contributed by atoms with Gasteiger partial charge in [-0.3, -0.25) is 24.2 Å². The van der Waals surface area contributed by atoms with Crippen LogP contribution in [0.4, 0.5) is 0 Å². The topological polar surface area (TPSA) is 227 Å². The zero-order valence-corrected chi connectivity index (χ0v) is 27.0. The lowest BCUT2D eigenvalue weighted by atomic mass is 9.89. The molecule has 1 fully saturated rings. The third-order valence-electron chi connectivity index (χ3n) is 8.23. The Morgan fingerprint density at radius 3 is 2.06 bits per heavy atom. The number of nitrogens with two attached hydrogens (primary N) is 3. The van der Waals surface area contributed by atoms with Crippen LogP contribution in [0.1, 0.15) is 62.5 Å². The third kappa shape index (κ3) is 14.1. The molecule has 0 saturated heterocycles. The number of hydrogen-bond donors (Lipinski definition) is 8. The maximum absolute atomic E-state index is 13.9. The van der Waals surface area contributed by atoms with Crippen LogP contribution in [-0.2, 0) is 32.0 Å². The van der Waals surface area contributed by atoms with E-state index in [1.54, 1.807) is 24.3 Å². The van der Waals surface area contributed by atoms with Gasteiger partial charge in [-0.2, -0.15) is 0 Å². The zero-order chi connectivity index (χ0) is 34.0. The Hall–Kier alpha value is -4.65. The summed E-state index contributed by atoms with van der Waals surface area (Å²) in [6.07, 6.45) is 6.85. The molecule has 13 nitrogen and oxygen atoms in total. The minimum atomic E-state index is -0.993. The summed E-state index contributed by atoms with van der Waals surface area (Å²) in [7, 11) is 0.